The Hall–Kier alpha value is -0.420. The third-order valence-corrected chi connectivity index (χ3v) is 3.32. The van der Waals surface area contributed by atoms with Crippen molar-refractivity contribution >= 4 is 28.4 Å². The van der Waals surface area contributed by atoms with Gasteiger partial charge in [0, 0.05) is 22.2 Å². The minimum atomic E-state index is 0.150. The topological polar surface area (TPSA) is 26.3 Å². The van der Waals surface area contributed by atoms with E-state index in [9.17, 15) is 4.79 Å². The van der Waals surface area contributed by atoms with Crippen molar-refractivity contribution in [2.24, 2.45) is 0 Å². The van der Waals surface area contributed by atoms with Crippen LogP contribution in [0.4, 0.5) is 0 Å². The van der Waals surface area contributed by atoms with Crippen molar-refractivity contribution in [3.05, 3.63) is 33.4 Å². The maximum absolute atomic E-state index is 11.8. The Kier molecular flexibility index (Phi) is 3.75. The molecule has 2 rings (SSSR count). The van der Waals surface area contributed by atoms with Crippen LogP contribution in [0.2, 0.25) is 0 Å². The van der Waals surface area contributed by atoms with E-state index in [2.05, 4.69) is 22.6 Å². The van der Waals surface area contributed by atoms with Crippen molar-refractivity contribution in [2.75, 3.05) is 6.61 Å². The Bertz CT molecular complexity index is 339. The molecule has 0 aromatic heterocycles. The largest absolute Gasteiger partial charge is 0.378 e. The molecule has 0 saturated carbocycles. The minimum Gasteiger partial charge on any atom is -0.378 e. The van der Waals surface area contributed by atoms with Gasteiger partial charge in [-0.05, 0) is 47.6 Å². The van der Waals surface area contributed by atoms with Gasteiger partial charge in [-0.3, -0.25) is 4.79 Å². The predicted molar refractivity (Wildman–Crippen MR) is 67.1 cm³/mol. The maximum Gasteiger partial charge on any atom is 0.165 e. The first-order valence-electron chi connectivity index (χ1n) is 5.16. The normalized spacial score (nSPS) is 20.5. The van der Waals surface area contributed by atoms with Crippen LogP contribution in [-0.2, 0) is 4.74 Å². The second-order valence-electron chi connectivity index (χ2n) is 3.77. The lowest BCUT2D eigenvalue weighted by atomic mass is 10.0. The number of rotatable bonds is 3. The van der Waals surface area contributed by atoms with Gasteiger partial charge in [-0.1, -0.05) is 12.1 Å². The van der Waals surface area contributed by atoms with Crippen LogP contribution in [0, 0.1) is 3.57 Å². The summed E-state index contributed by atoms with van der Waals surface area (Å²) in [5.41, 5.74) is 0.797. The summed E-state index contributed by atoms with van der Waals surface area (Å²) in [5.74, 6) is 0.193. The first kappa shape index (κ1) is 11.1. The zero-order valence-electron chi connectivity index (χ0n) is 8.41. The smallest absolute Gasteiger partial charge is 0.165 e. The molecule has 0 aliphatic carbocycles. The highest BCUT2D eigenvalue weighted by molar-refractivity contribution is 14.1. The SMILES string of the molecule is O=C(CC1CCCO1)c1ccc(I)cc1. The molecule has 0 N–H and O–H groups in total. The van der Waals surface area contributed by atoms with Crippen LogP contribution in [0.1, 0.15) is 29.6 Å². The van der Waals surface area contributed by atoms with E-state index in [0.29, 0.717) is 6.42 Å². The molecule has 1 aliphatic heterocycles. The molecule has 2 nitrogen and oxygen atoms in total. The van der Waals surface area contributed by atoms with Crippen molar-refractivity contribution in [3.8, 4) is 0 Å². The average Bonchev–Trinajstić information content (AvgIpc) is 2.71. The van der Waals surface area contributed by atoms with E-state index in [1.54, 1.807) is 0 Å². The quantitative estimate of drug-likeness (QED) is 0.633. The Labute approximate surface area is 103 Å². The van der Waals surface area contributed by atoms with Crippen LogP contribution in [0.3, 0.4) is 0 Å². The van der Waals surface area contributed by atoms with Crippen LogP contribution < -0.4 is 0 Å². The molecule has 15 heavy (non-hydrogen) atoms. The first-order valence-corrected chi connectivity index (χ1v) is 6.24. The Morgan fingerprint density at radius 3 is 2.73 bits per heavy atom. The van der Waals surface area contributed by atoms with E-state index in [1.807, 2.05) is 24.3 Å². The Morgan fingerprint density at radius 2 is 2.13 bits per heavy atom. The van der Waals surface area contributed by atoms with Gasteiger partial charge in [0.05, 0.1) is 6.10 Å². The second kappa shape index (κ2) is 5.07. The molecule has 0 spiro atoms. The molecule has 1 unspecified atom stereocenters. The summed E-state index contributed by atoms with van der Waals surface area (Å²) < 4.78 is 6.60. The number of benzene rings is 1. The monoisotopic (exact) mass is 316 g/mol. The molecule has 1 atom stereocenters. The third kappa shape index (κ3) is 3.01. The van der Waals surface area contributed by atoms with E-state index in [1.165, 1.54) is 0 Å². The van der Waals surface area contributed by atoms with Gasteiger partial charge in [0.2, 0.25) is 0 Å². The lowest BCUT2D eigenvalue weighted by Gasteiger charge is -2.07. The van der Waals surface area contributed by atoms with Gasteiger partial charge in [0.15, 0.2) is 5.78 Å². The average molecular weight is 316 g/mol. The number of carbonyl (C=O) groups excluding carboxylic acids is 1. The number of ether oxygens (including phenoxy) is 1. The summed E-state index contributed by atoms with van der Waals surface area (Å²) in [4.78, 5) is 11.8. The standard InChI is InChI=1S/C12H13IO2/c13-10-5-3-9(4-6-10)12(14)8-11-2-1-7-15-11/h3-6,11H,1-2,7-8H2. The fourth-order valence-corrected chi connectivity index (χ4v) is 2.13. The molecule has 1 aromatic carbocycles. The molecule has 0 bridgehead atoms. The molecule has 80 valence electrons. The molecule has 1 saturated heterocycles. The molecule has 0 radical (unpaired) electrons. The van der Waals surface area contributed by atoms with Gasteiger partial charge in [0.1, 0.15) is 0 Å². The van der Waals surface area contributed by atoms with Crippen LogP contribution in [0.15, 0.2) is 24.3 Å². The number of carbonyl (C=O) groups is 1. The first-order chi connectivity index (χ1) is 7.25. The van der Waals surface area contributed by atoms with Gasteiger partial charge >= 0.3 is 0 Å². The molecule has 1 aromatic rings. The molecule has 1 fully saturated rings. The molecule has 3 heteroatoms. The van der Waals surface area contributed by atoms with Gasteiger partial charge in [0.25, 0.3) is 0 Å². The number of halogens is 1. The molecule has 1 heterocycles. The van der Waals surface area contributed by atoms with Gasteiger partial charge < -0.3 is 4.74 Å². The molecular formula is C12H13IO2. The molecular weight excluding hydrogens is 303 g/mol. The maximum atomic E-state index is 11.8. The molecule has 0 amide bonds. The van der Waals surface area contributed by atoms with Crippen molar-refractivity contribution in [3.63, 3.8) is 0 Å². The summed E-state index contributed by atoms with van der Waals surface area (Å²) in [5, 5.41) is 0. The van der Waals surface area contributed by atoms with E-state index in [0.717, 1.165) is 28.6 Å². The fraction of sp³-hybridized carbons (Fsp3) is 0.417. The third-order valence-electron chi connectivity index (χ3n) is 2.60. The lowest BCUT2D eigenvalue weighted by molar-refractivity contribution is 0.0775. The lowest BCUT2D eigenvalue weighted by Crippen LogP contribution is -2.12. The molecule has 1 aliphatic rings. The summed E-state index contributed by atoms with van der Waals surface area (Å²) in [6.45, 7) is 0.810. The summed E-state index contributed by atoms with van der Waals surface area (Å²) in [6, 6.07) is 7.70. The van der Waals surface area contributed by atoms with E-state index in [4.69, 9.17) is 4.74 Å². The highest BCUT2D eigenvalue weighted by Crippen LogP contribution is 2.18. The van der Waals surface area contributed by atoms with E-state index < -0.39 is 0 Å². The summed E-state index contributed by atoms with van der Waals surface area (Å²) in [7, 11) is 0. The van der Waals surface area contributed by atoms with E-state index in [-0.39, 0.29) is 11.9 Å². The number of hydrogen-bond donors (Lipinski definition) is 0. The minimum absolute atomic E-state index is 0.150. The predicted octanol–water partition coefficient (Wildman–Crippen LogP) is 3.04. The number of ketones is 1. The number of Topliss-reactive ketones (excluding diaryl/α,β-unsaturated/α-hetero) is 1. The highest BCUT2D eigenvalue weighted by Gasteiger charge is 2.19. The van der Waals surface area contributed by atoms with Crippen molar-refractivity contribution in [1.29, 1.82) is 0 Å². The summed E-state index contributed by atoms with van der Waals surface area (Å²) in [6.07, 6.45) is 2.79. The highest BCUT2D eigenvalue weighted by atomic mass is 127. The van der Waals surface area contributed by atoms with Crippen molar-refractivity contribution in [2.45, 2.75) is 25.4 Å². The van der Waals surface area contributed by atoms with Gasteiger partial charge in [-0.25, -0.2) is 0 Å². The van der Waals surface area contributed by atoms with E-state index >= 15 is 0 Å². The Balaban J connectivity index is 1.98. The summed E-state index contributed by atoms with van der Waals surface area (Å²) >= 11 is 2.23. The zero-order chi connectivity index (χ0) is 10.7. The second-order valence-corrected chi connectivity index (χ2v) is 5.01. The fourth-order valence-electron chi connectivity index (χ4n) is 1.77. The van der Waals surface area contributed by atoms with Crippen LogP contribution >= 0.6 is 22.6 Å². The van der Waals surface area contributed by atoms with Gasteiger partial charge in [-0.2, -0.15) is 0 Å². The van der Waals surface area contributed by atoms with Crippen LogP contribution in [-0.4, -0.2) is 18.5 Å². The zero-order valence-corrected chi connectivity index (χ0v) is 10.6. The van der Waals surface area contributed by atoms with Crippen molar-refractivity contribution < 1.29 is 9.53 Å². The Morgan fingerprint density at radius 1 is 1.40 bits per heavy atom. The van der Waals surface area contributed by atoms with Crippen LogP contribution in [0.5, 0.6) is 0 Å². The van der Waals surface area contributed by atoms with Gasteiger partial charge in [-0.15, -0.1) is 0 Å². The van der Waals surface area contributed by atoms with Crippen LogP contribution in [0.25, 0.3) is 0 Å². The van der Waals surface area contributed by atoms with Crippen molar-refractivity contribution in [1.82, 2.24) is 0 Å². The number of hydrogen-bond acceptors (Lipinski definition) is 2.